The highest BCUT2D eigenvalue weighted by Crippen LogP contribution is 2.19. The van der Waals surface area contributed by atoms with E-state index in [4.69, 9.17) is 15.0 Å². The number of nitrogens with zero attached hydrogens (tertiary/aromatic N) is 2. The first-order valence-corrected chi connectivity index (χ1v) is 7.27. The maximum atomic E-state index is 12.0. The summed E-state index contributed by atoms with van der Waals surface area (Å²) < 4.78 is 10.7. The Morgan fingerprint density at radius 3 is 2.86 bits per heavy atom. The van der Waals surface area contributed by atoms with Crippen LogP contribution in [0.15, 0.2) is 34.9 Å². The maximum Gasteiger partial charge on any atom is 0.249 e. The first-order valence-electron chi connectivity index (χ1n) is 7.27. The van der Waals surface area contributed by atoms with Gasteiger partial charge in [0.2, 0.25) is 17.6 Å². The van der Waals surface area contributed by atoms with E-state index in [1.807, 2.05) is 30.3 Å². The van der Waals surface area contributed by atoms with Gasteiger partial charge < -0.3 is 20.3 Å². The minimum atomic E-state index is -0.440. The summed E-state index contributed by atoms with van der Waals surface area (Å²) in [5.74, 6) is 0.696. The van der Waals surface area contributed by atoms with E-state index < -0.39 is 6.10 Å². The zero-order chi connectivity index (χ0) is 15.4. The predicted molar refractivity (Wildman–Crippen MR) is 78.5 cm³/mol. The third kappa shape index (κ3) is 3.32. The first-order chi connectivity index (χ1) is 10.8. The molecule has 0 unspecified atom stereocenters. The van der Waals surface area contributed by atoms with Crippen molar-refractivity contribution in [3.8, 4) is 11.4 Å². The van der Waals surface area contributed by atoms with Crippen molar-refractivity contribution in [2.45, 2.75) is 31.6 Å². The fourth-order valence-electron chi connectivity index (χ4n) is 2.38. The van der Waals surface area contributed by atoms with E-state index in [2.05, 4.69) is 15.5 Å². The highest BCUT2D eigenvalue weighted by molar-refractivity contribution is 5.80. The zero-order valence-corrected chi connectivity index (χ0v) is 12.1. The fourth-order valence-corrected chi connectivity index (χ4v) is 2.38. The molecule has 0 spiro atoms. The predicted octanol–water partition coefficient (Wildman–Crippen LogP) is 0.859. The standard InChI is InChI=1S/C15H18N4O3/c16-8-11-6-7-12(21-11)15(20)17-9-13-18-14(19-22-13)10-4-2-1-3-5-10/h1-5,11-12H,6-9,16H2,(H,17,20)/t11-,12+/m1/s1. The zero-order valence-electron chi connectivity index (χ0n) is 12.1. The Hall–Kier alpha value is -2.25. The van der Waals surface area contributed by atoms with Crippen LogP contribution in [-0.4, -0.2) is 34.8 Å². The highest BCUT2D eigenvalue weighted by Gasteiger charge is 2.29. The monoisotopic (exact) mass is 302 g/mol. The minimum absolute atomic E-state index is 0.0242. The van der Waals surface area contributed by atoms with Crippen LogP contribution >= 0.6 is 0 Å². The normalized spacial score (nSPS) is 21.0. The summed E-state index contributed by atoms with van der Waals surface area (Å²) in [5, 5.41) is 6.65. The number of hydrogen-bond acceptors (Lipinski definition) is 6. The number of amides is 1. The lowest BCUT2D eigenvalue weighted by Crippen LogP contribution is -2.35. The van der Waals surface area contributed by atoms with E-state index >= 15 is 0 Å². The fraction of sp³-hybridized carbons (Fsp3) is 0.400. The van der Waals surface area contributed by atoms with Crippen molar-refractivity contribution >= 4 is 5.91 Å². The maximum absolute atomic E-state index is 12.0. The Balaban J connectivity index is 1.54. The van der Waals surface area contributed by atoms with Gasteiger partial charge in [-0.1, -0.05) is 35.5 Å². The third-order valence-electron chi connectivity index (χ3n) is 3.58. The van der Waals surface area contributed by atoms with Gasteiger partial charge in [-0.3, -0.25) is 4.79 Å². The molecule has 1 aromatic heterocycles. The Morgan fingerprint density at radius 1 is 1.32 bits per heavy atom. The largest absolute Gasteiger partial charge is 0.364 e. The highest BCUT2D eigenvalue weighted by atomic mass is 16.5. The number of ether oxygens (including phenoxy) is 1. The molecule has 2 atom stereocenters. The second-order valence-electron chi connectivity index (χ2n) is 5.16. The van der Waals surface area contributed by atoms with Crippen molar-refractivity contribution in [1.29, 1.82) is 0 Å². The van der Waals surface area contributed by atoms with E-state index in [0.29, 0.717) is 24.7 Å². The smallest absolute Gasteiger partial charge is 0.249 e. The Bertz CT molecular complexity index is 629. The summed E-state index contributed by atoms with van der Waals surface area (Å²) in [6, 6.07) is 9.51. The molecule has 2 aromatic rings. The van der Waals surface area contributed by atoms with Crippen molar-refractivity contribution in [1.82, 2.24) is 15.5 Å². The number of nitrogens with one attached hydrogen (secondary N) is 1. The number of hydrogen-bond donors (Lipinski definition) is 2. The lowest BCUT2D eigenvalue weighted by molar-refractivity contribution is -0.132. The third-order valence-corrected chi connectivity index (χ3v) is 3.58. The van der Waals surface area contributed by atoms with Gasteiger partial charge in [-0.2, -0.15) is 4.98 Å². The molecule has 116 valence electrons. The minimum Gasteiger partial charge on any atom is -0.364 e. The first kappa shape index (κ1) is 14.7. The van der Waals surface area contributed by atoms with Crippen LogP contribution in [0.2, 0.25) is 0 Å². The molecule has 1 saturated heterocycles. The average molecular weight is 302 g/mol. The van der Waals surface area contributed by atoms with Gasteiger partial charge in [0, 0.05) is 12.1 Å². The van der Waals surface area contributed by atoms with Crippen molar-refractivity contribution in [3.63, 3.8) is 0 Å². The molecule has 0 bridgehead atoms. The number of nitrogens with two attached hydrogens (primary N) is 1. The van der Waals surface area contributed by atoms with Crippen LogP contribution in [0.4, 0.5) is 0 Å². The lowest BCUT2D eigenvalue weighted by Gasteiger charge is -2.11. The molecule has 3 rings (SSSR count). The van der Waals surface area contributed by atoms with Gasteiger partial charge in [0.15, 0.2) is 0 Å². The van der Waals surface area contributed by atoms with Gasteiger partial charge >= 0.3 is 0 Å². The second-order valence-corrected chi connectivity index (χ2v) is 5.16. The second kappa shape index (κ2) is 6.67. The molecule has 1 aliphatic rings. The molecular weight excluding hydrogens is 284 g/mol. The van der Waals surface area contributed by atoms with Crippen LogP contribution in [0, 0.1) is 0 Å². The molecule has 0 radical (unpaired) electrons. The number of carbonyl (C=O) groups is 1. The van der Waals surface area contributed by atoms with Gasteiger partial charge in [-0.15, -0.1) is 0 Å². The summed E-state index contributed by atoms with van der Waals surface area (Å²) in [5.41, 5.74) is 6.40. The number of benzene rings is 1. The number of aromatic nitrogens is 2. The number of rotatable bonds is 5. The van der Waals surface area contributed by atoms with Crippen LogP contribution in [0.5, 0.6) is 0 Å². The van der Waals surface area contributed by atoms with Crippen molar-refractivity contribution < 1.29 is 14.1 Å². The van der Waals surface area contributed by atoms with Crippen molar-refractivity contribution in [3.05, 3.63) is 36.2 Å². The van der Waals surface area contributed by atoms with Crippen LogP contribution < -0.4 is 11.1 Å². The summed E-state index contributed by atoms with van der Waals surface area (Å²) in [6.45, 7) is 0.625. The molecule has 22 heavy (non-hydrogen) atoms. The molecule has 1 fully saturated rings. The van der Waals surface area contributed by atoms with Gasteiger partial charge in [-0.05, 0) is 12.8 Å². The molecule has 1 aromatic carbocycles. The van der Waals surface area contributed by atoms with Gasteiger partial charge in [0.05, 0.1) is 12.6 Å². The quantitative estimate of drug-likeness (QED) is 0.849. The van der Waals surface area contributed by atoms with Crippen LogP contribution in [-0.2, 0) is 16.1 Å². The Morgan fingerprint density at radius 2 is 2.14 bits per heavy atom. The summed E-state index contributed by atoms with van der Waals surface area (Å²) in [7, 11) is 0. The molecule has 1 amide bonds. The van der Waals surface area contributed by atoms with Gasteiger partial charge in [0.25, 0.3) is 0 Å². The molecule has 2 heterocycles. The van der Waals surface area contributed by atoms with E-state index in [0.717, 1.165) is 12.0 Å². The Kier molecular flexibility index (Phi) is 4.45. The van der Waals surface area contributed by atoms with Crippen LogP contribution in [0.1, 0.15) is 18.7 Å². The van der Waals surface area contributed by atoms with Crippen LogP contribution in [0.3, 0.4) is 0 Å². The van der Waals surface area contributed by atoms with E-state index in [9.17, 15) is 4.79 Å². The molecule has 7 nitrogen and oxygen atoms in total. The SMILES string of the molecule is NC[C@H]1CC[C@@H](C(=O)NCc2nc(-c3ccccc3)no2)O1. The molecule has 3 N–H and O–H groups in total. The van der Waals surface area contributed by atoms with Gasteiger partial charge in [0.1, 0.15) is 6.10 Å². The average Bonchev–Trinajstić information content (AvgIpc) is 3.22. The Labute approximate surface area is 127 Å². The van der Waals surface area contributed by atoms with E-state index in [1.165, 1.54) is 0 Å². The topological polar surface area (TPSA) is 103 Å². The van der Waals surface area contributed by atoms with Crippen molar-refractivity contribution in [2.75, 3.05) is 6.54 Å². The van der Waals surface area contributed by atoms with Crippen LogP contribution in [0.25, 0.3) is 11.4 Å². The molecule has 0 saturated carbocycles. The van der Waals surface area contributed by atoms with E-state index in [-0.39, 0.29) is 18.6 Å². The lowest BCUT2D eigenvalue weighted by atomic mass is 10.2. The molecule has 0 aliphatic carbocycles. The summed E-state index contributed by atoms with van der Waals surface area (Å²) >= 11 is 0. The molecule has 1 aliphatic heterocycles. The van der Waals surface area contributed by atoms with Gasteiger partial charge in [-0.25, -0.2) is 0 Å². The van der Waals surface area contributed by atoms with Crippen molar-refractivity contribution in [2.24, 2.45) is 5.73 Å². The molecular formula is C15H18N4O3. The number of carbonyl (C=O) groups excluding carboxylic acids is 1. The summed E-state index contributed by atoms with van der Waals surface area (Å²) in [6.07, 6.45) is 1.04. The molecule has 7 heteroatoms. The summed E-state index contributed by atoms with van der Waals surface area (Å²) in [4.78, 5) is 16.2. The van der Waals surface area contributed by atoms with E-state index in [1.54, 1.807) is 0 Å².